The fraction of sp³-hybridized carbons (Fsp3) is 0.0909. The summed E-state index contributed by atoms with van der Waals surface area (Å²) >= 11 is 3.48. The van der Waals surface area contributed by atoms with E-state index in [0.29, 0.717) is 13.1 Å². The summed E-state index contributed by atoms with van der Waals surface area (Å²) in [7, 11) is 0. The molecule has 6 aromatic rings. The number of benzene rings is 5. The van der Waals surface area contributed by atoms with Gasteiger partial charge in [-0.3, -0.25) is 0 Å². The summed E-state index contributed by atoms with van der Waals surface area (Å²) in [6.45, 7) is 0.909. The largest absolute Gasteiger partial charge is 0.389 e. The van der Waals surface area contributed by atoms with Gasteiger partial charge in [0.1, 0.15) is 0 Å². The standard InChI is InChI=1S/C33H27BrN2O/c34-26-16-18-27(19-17-26)35-21-28(37)22-36-32(25-12-5-2-6-13-25)31(24-10-3-1-4-11-24)30-20-15-23-9-7-8-14-29(23)33(30)36/h1-20,28,35,37H,21-22H2. The molecule has 1 unspecified atom stereocenters. The predicted octanol–water partition coefficient (Wildman–Crippen LogP) is 8.36. The third-order valence-corrected chi connectivity index (χ3v) is 7.36. The smallest absolute Gasteiger partial charge is 0.0891 e. The van der Waals surface area contributed by atoms with Crippen molar-refractivity contribution in [3.8, 4) is 22.4 Å². The van der Waals surface area contributed by atoms with Gasteiger partial charge in [0.25, 0.3) is 0 Å². The molecule has 0 bridgehead atoms. The molecule has 37 heavy (non-hydrogen) atoms. The average molecular weight is 547 g/mol. The Morgan fingerprint density at radius 3 is 2.05 bits per heavy atom. The zero-order valence-corrected chi connectivity index (χ0v) is 21.9. The Bertz CT molecular complexity index is 1660. The number of aliphatic hydroxyl groups is 1. The van der Waals surface area contributed by atoms with Crippen molar-refractivity contribution in [1.82, 2.24) is 4.57 Å². The van der Waals surface area contributed by atoms with E-state index in [4.69, 9.17) is 0 Å². The highest BCUT2D eigenvalue weighted by Crippen LogP contribution is 2.43. The van der Waals surface area contributed by atoms with Gasteiger partial charge in [-0.05, 0) is 40.8 Å². The molecule has 4 heteroatoms. The van der Waals surface area contributed by atoms with Crippen LogP contribution in [0.4, 0.5) is 5.69 Å². The summed E-state index contributed by atoms with van der Waals surface area (Å²) in [5, 5.41) is 18.3. The first-order chi connectivity index (χ1) is 18.2. The highest BCUT2D eigenvalue weighted by molar-refractivity contribution is 9.10. The molecule has 1 heterocycles. The van der Waals surface area contributed by atoms with Crippen LogP contribution in [0.3, 0.4) is 0 Å². The summed E-state index contributed by atoms with van der Waals surface area (Å²) in [5.74, 6) is 0. The summed E-state index contributed by atoms with van der Waals surface area (Å²) in [6, 6.07) is 42.1. The van der Waals surface area contributed by atoms with Crippen LogP contribution in [0.1, 0.15) is 0 Å². The summed E-state index contributed by atoms with van der Waals surface area (Å²) in [5.41, 5.74) is 6.76. The molecule has 0 spiro atoms. The van der Waals surface area contributed by atoms with Gasteiger partial charge in [0, 0.05) is 33.0 Å². The van der Waals surface area contributed by atoms with E-state index in [0.717, 1.165) is 26.9 Å². The van der Waals surface area contributed by atoms with Gasteiger partial charge >= 0.3 is 0 Å². The van der Waals surface area contributed by atoms with Gasteiger partial charge in [0.05, 0.1) is 23.9 Å². The number of aromatic nitrogens is 1. The molecular weight excluding hydrogens is 520 g/mol. The second kappa shape index (κ2) is 10.3. The van der Waals surface area contributed by atoms with Crippen molar-refractivity contribution in [3.05, 3.63) is 126 Å². The number of rotatable bonds is 7. The van der Waals surface area contributed by atoms with Crippen LogP contribution in [0.15, 0.2) is 126 Å². The van der Waals surface area contributed by atoms with Crippen molar-refractivity contribution in [1.29, 1.82) is 0 Å². The van der Waals surface area contributed by atoms with Crippen molar-refractivity contribution in [2.45, 2.75) is 12.6 Å². The maximum absolute atomic E-state index is 11.3. The zero-order chi connectivity index (χ0) is 25.2. The van der Waals surface area contributed by atoms with Crippen LogP contribution in [0.25, 0.3) is 44.1 Å². The lowest BCUT2D eigenvalue weighted by Gasteiger charge is -2.18. The molecule has 0 amide bonds. The van der Waals surface area contributed by atoms with Gasteiger partial charge < -0.3 is 15.0 Å². The van der Waals surface area contributed by atoms with Crippen molar-refractivity contribution < 1.29 is 5.11 Å². The minimum atomic E-state index is -0.593. The van der Waals surface area contributed by atoms with Crippen molar-refractivity contribution in [2.24, 2.45) is 0 Å². The Kier molecular flexibility index (Phi) is 6.52. The molecule has 6 rings (SSSR count). The maximum Gasteiger partial charge on any atom is 0.0891 e. The van der Waals surface area contributed by atoms with E-state index in [2.05, 4.69) is 117 Å². The topological polar surface area (TPSA) is 37.2 Å². The third kappa shape index (κ3) is 4.66. The van der Waals surface area contributed by atoms with E-state index in [1.807, 2.05) is 30.3 Å². The fourth-order valence-electron chi connectivity index (χ4n) is 5.18. The van der Waals surface area contributed by atoms with Crippen LogP contribution >= 0.6 is 15.9 Å². The second-order valence-corrected chi connectivity index (χ2v) is 10.2. The van der Waals surface area contributed by atoms with Crippen LogP contribution in [0, 0.1) is 0 Å². The normalized spacial score (nSPS) is 12.2. The van der Waals surface area contributed by atoms with Crippen LogP contribution < -0.4 is 5.32 Å². The van der Waals surface area contributed by atoms with Gasteiger partial charge in [0.2, 0.25) is 0 Å². The number of aliphatic hydroxyl groups excluding tert-OH is 1. The highest BCUT2D eigenvalue weighted by Gasteiger charge is 2.23. The lowest BCUT2D eigenvalue weighted by atomic mass is 9.97. The molecule has 1 aromatic heterocycles. The molecule has 0 fully saturated rings. The Labute approximate surface area is 225 Å². The number of fused-ring (bicyclic) bond motifs is 3. The van der Waals surface area contributed by atoms with Crippen molar-refractivity contribution >= 4 is 43.3 Å². The van der Waals surface area contributed by atoms with E-state index in [1.165, 1.54) is 27.3 Å². The Morgan fingerprint density at radius 2 is 1.32 bits per heavy atom. The quantitative estimate of drug-likeness (QED) is 0.211. The number of nitrogens with zero attached hydrogens (tertiary/aromatic N) is 1. The number of anilines is 1. The van der Waals surface area contributed by atoms with Crippen LogP contribution in [0.2, 0.25) is 0 Å². The first kappa shape index (κ1) is 23.5. The lowest BCUT2D eigenvalue weighted by Crippen LogP contribution is -2.25. The Hall–Kier alpha value is -3.86. The van der Waals surface area contributed by atoms with Crippen LogP contribution in [0.5, 0.6) is 0 Å². The summed E-state index contributed by atoms with van der Waals surface area (Å²) in [6.07, 6.45) is -0.593. The summed E-state index contributed by atoms with van der Waals surface area (Å²) < 4.78 is 3.36. The summed E-state index contributed by atoms with van der Waals surface area (Å²) in [4.78, 5) is 0. The SMILES string of the molecule is OC(CNc1ccc(Br)cc1)Cn1c(-c2ccccc2)c(-c2ccccc2)c2ccc3ccccc3c21. The van der Waals surface area contributed by atoms with Crippen molar-refractivity contribution in [3.63, 3.8) is 0 Å². The maximum atomic E-state index is 11.3. The van der Waals surface area contributed by atoms with Crippen LogP contribution in [-0.2, 0) is 6.54 Å². The highest BCUT2D eigenvalue weighted by atomic mass is 79.9. The zero-order valence-electron chi connectivity index (χ0n) is 20.3. The van der Waals surface area contributed by atoms with Crippen molar-refractivity contribution in [2.75, 3.05) is 11.9 Å². The van der Waals surface area contributed by atoms with Gasteiger partial charge in [-0.2, -0.15) is 0 Å². The molecule has 0 aliphatic heterocycles. The van der Waals surface area contributed by atoms with E-state index in [1.54, 1.807) is 0 Å². The van der Waals surface area contributed by atoms with Gasteiger partial charge in [-0.25, -0.2) is 0 Å². The molecule has 0 saturated carbocycles. The molecule has 0 saturated heterocycles. The molecule has 0 aliphatic carbocycles. The first-order valence-electron chi connectivity index (χ1n) is 12.5. The molecule has 1 atom stereocenters. The third-order valence-electron chi connectivity index (χ3n) is 6.84. The average Bonchev–Trinajstić information content (AvgIpc) is 3.28. The van der Waals surface area contributed by atoms with E-state index in [-0.39, 0.29) is 0 Å². The molecule has 2 N–H and O–H groups in total. The van der Waals surface area contributed by atoms with Gasteiger partial charge in [0.15, 0.2) is 0 Å². The monoisotopic (exact) mass is 546 g/mol. The Balaban J connectivity index is 1.54. The van der Waals surface area contributed by atoms with Gasteiger partial charge in [-0.15, -0.1) is 0 Å². The predicted molar refractivity (Wildman–Crippen MR) is 159 cm³/mol. The minimum Gasteiger partial charge on any atom is -0.389 e. The van der Waals surface area contributed by atoms with E-state index < -0.39 is 6.10 Å². The van der Waals surface area contributed by atoms with Crippen LogP contribution in [-0.4, -0.2) is 22.3 Å². The molecule has 5 aromatic carbocycles. The minimum absolute atomic E-state index is 0.445. The Morgan fingerprint density at radius 1 is 0.676 bits per heavy atom. The fourth-order valence-corrected chi connectivity index (χ4v) is 5.44. The lowest BCUT2D eigenvalue weighted by molar-refractivity contribution is 0.169. The number of hydrogen-bond acceptors (Lipinski definition) is 2. The number of halogens is 1. The molecule has 182 valence electrons. The van der Waals surface area contributed by atoms with E-state index in [9.17, 15) is 5.11 Å². The number of hydrogen-bond donors (Lipinski definition) is 2. The van der Waals surface area contributed by atoms with Gasteiger partial charge in [-0.1, -0.05) is 113 Å². The first-order valence-corrected chi connectivity index (χ1v) is 13.3. The van der Waals surface area contributed by atoms with E-state index >= 15 is 0 Å². The molecule has 3 nitrogen and oxygen atoms in total. The molecule has 0 aliphatic rings. The number of nitrogens with one attached hydrogen (secondary N) is 1. The molecular formula is C33H27BrN2O. The second-order valence-electron chi connectivity index (χ2n) is 9.29. The molecule has 0 radical (unpaired) electrons.